The number of hydrogen-bond acceptors (Lipinski definition) is 3. The van der Waals surface area contributed by atoms with Gasteiger partial charge in [-0.3, -0.25) is 0 Å². The summed E-state index contributed by atoms with van der Waals surface area (Å²) in [4.78, 5) is 16.1. The molecule has 0 spiro atoms. The lowest BCUT2D eigenvalue weighted by Crippen LogP contribution is -2.31. The number of carbonyl (C=O) groups is 1. The molecule has 0 bridgehead atoms. The van der Waals surface area contributed by atoms with E-state index in [2.05, 4.69) is 66.6 Å². The largest absolute Gasteiger partial charge is 0.481 e. The number of benzene rings is 3. The monoisotopic (exact) mass is 455 g/mol. The van der Waals surface area contributed by atoms with Gasteiger partial charge in [-0.05, 0) is 61.7 Å². The Bertz CT molecular complexity index is 1130. The second-order valence-corrected chi connectivity index (χ2v) is 10.1. The van der Waals surface area contributed by atoms with Gasteiger partial charge in [0, 0.05) is 18.6 Å². The molecule has 1 atom stereocenters. The average Bonchev–Trinajstić information content (AvgIpc) is 3.29. The minimum Gasteiger partial charge on any atom is -0.481 e. The van der Waals surface area contributed by atoms with E-state index in [1.54, 1.807) is 6.08 Å². The van der Waals surface area contributed by atoms with Gasteiger partial charge in [0.2, 0.25) is 0 Å². The van der Waals surface area contributed by atoms with Crippen LogP contribution in [0.2, 0.25) is 0 Å². The van der Waals surface area contributed by atoms with Gasteiger partial charge in [0.1, 0.15) is 5.75 Å². The van der Waals surface area contributed by atoms with Gasteiger partial charge in [-0.25, -0.2) is 4.79 Å². The molecule has 0 N–H and O–H groups in total. The molecule has 0 saturated heterocycles. The van der Waals surface area contributed by atoms with Gasteiger partial charge in [0.05, 0.1) is 10.9 Å². The number of terminal acetylenes is 1. The molecule has 4 heteroatoms. The molecule has 1 aliphatic carbocycles. The van der Waals surface area contributed by atoms with E-state index in [9.17, 15) is 4.79 Å². The Kier molecular flexibility index (Phi) is 6.91. The zero-order chi connectivity index (χ0) is 23.3. The summed E-state index contributed by atoms with van der Waals surface area (Å²) in [6.45, 7) is 3.84. The summed E-state index contributed by atoms with van der Waals surface area (Å²) in [6.07, 6.45) is 10.7. The highest BCUT2D eigenvalue weighted by Crippen LogP contribution is 2.35. The van der Waals surface area contributed by atoms with Crippen LogP contribution in [-0.4, -0.2) is 18.2 Å². The first-order valence-electron chi connectivity index (χ1n) is 11.0. The molecule has 166 valence electrons. The molecule has 3 aromatic rings. The first kappa shape index (κ1) is 22.8. The third kappa shape index (κ3) is 5.16. The lowest BCUT2D eigenvalue weighted by Gasteiger charge is -2.21. The normalized spacial score (nSPS) is 17.0. The second-order valence-electron chi connectivity index (χ2n) is 8.06. The fraction of sp³-hybridized carbons (Fsp3) is 0.207. The van der Waals surface area contributed by atoms with E-state index in [0.29, 0.717) is 12.2 Å². The van der Waals surface area contributed by atoms with Crippen molar-refractivity contribution in [2.45, 2.75) is 47.0 Å². The van der Waals surface area contributed by atoms with Crippen LogP contribution in [0.5, 0.6) is 5.75 Å². The Balaban J connectivity index is 1.57. The number of carbonyl (C=O) groups excluding carboxylic acids is 1. The summed E-state index contributed by atoms with van der Waals surface area (Å²) in [5.41, 5.74) is 1.03. The Morgan fingerprint density at radius 1 is 0.970 bits per heavy atom. The van der Waals surface area contributed by atoms with Crippen molar-refractivity contribution in [2.75, 3.05) is 6.61 Å². The van der Waals surface area contributed by atoms with Crippen LogP contribution in [-0.2, 0) is 20.4 Å². The summed E-state index contributed by atoms with van der Waals surface area (Å²) in [6, 6.07) is 25.3. The van der Waals surface area contributed by atoms with Gasteiger partial charge in [0.15, 0.2) is 26.9 Å². The topological polar surface area (TPSA) is 35.5 Å². The van der Waals surface area contributed by atoms with Crippen molar-refractivity contribution in [3.8, 4) is 18.1 Å². The first-order chi connectivity index (χ1) is 16.0. The molecule has 0 heterocycles. The molecule has 0 saturated carbocycles. The molecular weight excluding hydrogens is 428 g/mol. The number of aryl methyl sites for hydroxylation is 2. The molecule has 4 rings (SSSR count). The molecule has 0 amide bonds. The third-order valence-electron chi connectivity index (χ3n) is 5.57. The molecule has 0 aliphatic heterocycles. The Morgan fingerprint density at radius 2 is 1.55 bits per heavy atom. The predicted molar refractivity (Wildman–Crippen MR) is 132 cm³/mol. The Labute approximate surface area is 198 Å². The van der Waals surface area contributed by atoms with Crippen LogP contribution in [0.15, 0.2) is 99.6 Å². The van der Waals surface area contributed by atoms with Crippen molar-refractivity contribution in [3.05, 3.63) is 96.1 Å². The van der Waals surface area contributed by atoms with Crippen molar-refractivity contribution in [1.82, 2.24) is 0 Å². The number of hydrogen-bond donors (Lipinski definition) is 0. The Hall–Kier alpha value is -3.42. The maximum absolute atomic E-state index is 12.4. The van der Waals surface area contributed by atoms with Gasteiger partial charge in [-0.2, -0.15) is 0 Å². The molecular formula is C29H27O3S+. The van der Waals surface area contributed by atoms with Crippen LogP contribution in [0.4, 0.5) is 0 Å². The van der Waals surface area contributed by atoms with Crippen molar-refractivity contribution in [1.29, 1.82) is 0 Å². The molecule has 0 radical (unpaired) electrons. The SMILES string of the molecule is C#CC1(OC(=O)COc2c(C)cc([S+](c3ccccc3)c3ccccc3)cc2C)C=CCC1. The van der Waals surface area contributed by atoms with E-state index in [1.807, 2.05) is 32.1 Å². The van der Waals surface area contributed by atoms with Crippen LogP contribution in [0.1, 0.15) is 24.0 Å². The summed E-state index contributed by atoms with van der Waals surface area (Å²) in [5.74, 6) is 2.84. The van der Waals surface area contributed by atoms with Crippen LogP contribution < -0.4 is 4.74 Å². The van der Waals surface area contributed by atoms with Crippen molar-refractivity contribution < 1.29 is 14.3 Å². The van der Waals surface area contributed by atoms with Gasteiger partial charge >= 0.3 is 5.97 Å². The summed E-state index contributed by atoms with van der Waals surface area (Å²) in [7, 11) is -0.243. The number of rotatable bonds is 7. The minimum atomic E-state index is -0.936. The van der Waals surface area contributed by atoms with Crippen molar-refractivity contribution >= 4 is 16.9 Å². The van der Waals surface area contributed by atoms with Crippen LogP contribution in [0, 0.1) is 26.2 Å². The number of allylic oxidation sites excluding steroid dienone is 1. The second kappa shape index (κ2) is 10.0. The predicted octanol–water partition coefficient (Wildman–Crippen LogP) is 6.04. The third-order valence-corrected chi connectivity index (χ3v) is 7.77. The lowest BCUT2D eigenvalue weighted by atomic mass is 10.1. The maximum Gasteiger partial charge on any atom is 0.345 e. The molecule has 1 unspecified atom stereocenters. The van der Waals surface area contributed by atoms with E-state index < -0.39 is 11.6 Å². The fourth-order valence-corrected chi connectivity index (χ4v) is 6.30. The zero-order valence-electron chi connectivity index (χ0n) is 18.9. The minimum absolute atomic E-state index is 0.179. The number of ether oxygens (including phenoxy) is 2. The smallest absolute Gasteiger partial charge is 0.345 e. The fourth-order valence-electron chi connectivity index (χ4n) is 4.03. The average molecular weight is 456 g/mol. The molecule has 33 heavy (non-hydrogen) atoms. The standard InChI is InChI=1S/C29H27O3S/c1-4-29(17-11-12-18-29)32-27(30)21-31-28-22(2)19-26(20-23(28)3)33(24-13-7-5-8-14-24)25-15-9-6-10-16-25/h1,5-11,13-17,19-20H,12,18,21H2,2-3H3/q+1. The lowest BCUT2D eigenvalue weighted by molar-refractivity contribution is -0.153. The Morgan fingerprint density at radius 3 is 2.03 bits per heavy atom. The van der Waals surface area contributed by atoms with Gasteiger partial charge in [-0.15, -0.1) is 6.42 Å². The summed E-state index contributed by atoms with van der Waals surface area (Å²) < 4.78 is 11.5. The molecule has 0 fully saturated rings. The van der Waals surface area contributed by atoms with Gasteiger partial charge < -0.3 is 9.47 Å². The van der Waals surface area contributed by atoms with Gasteiger partial charge in [0.25, 0.3) is 0 Å². The molecule has 0 aromatic heterocycles. The maximum atomic E-state index is 12.4. The summed E-state index contributed by atoms with van der Waals surface area (Å²) >= 11 is 0. The van der Waals surface area contributed by atoms with Crippen molar-refractivity contribution in [3.63, 3.8) is 0 Å². The first-order valence-corrected chi connectivity index (χ1v) is 12.2. The quantitative estimate of drug-likeness (QED) is 0.188. The van der Waals surface area contributed by atoms with E-state index in [-0.39, 0.29) is 17.5 Å². The van der Waals surface area contributed by atoms with E-state index in [4.69, 9.17) is 15.9 Å². The molecule has 1 aliphatic rings. The zero-order valence-corrected chi connectivity index (χ0v) is 19.7. The van der Waals surface area contributed by atoms with E-state index >= 15 is 0 Å². The highest BCUT2D eigenvalue weighted by Gasteiger charge is 2.32. The highest BCUT2D eigenvalue weighted by atomic mass is 32.2. The van der Waals surface area contributed by atoms with Gasteiger partial charge in [-0.1, -0.05) is 48.4 Å². The van der Waals surface area contributed by atoms with Crippen LogP contribution in [0.25, 0.3) is 0 Å². The van der Waals surface area contributed by atoms with Crippen molar-refractivity contribution in [2.24, 2.45) is 0 Å². The molecule has 3 nitrogen and oxygen atoms in total. The summed E-state index contributed by atoms with van der Waals surface area (Å²) in [5, 5.41) is 0. The van der Waals surface area contributed by atoms with E-state index in [0.717, 1.165) is 17.5 Å². The van der Waals surface area contributed by atoms with Crippen LogP contribution >= 0.6 is 0 Å². The highest BCUT2D eigenvalue weighted by molar-refractivity contribution is 7.97. The molecule has 3 aromatic carbocycles. The van der Waals surface area contributed by atoms with Crippen LogP contribution in [0.3, 0.4) is 0 Å². The number of esters is 1. The van der Waals surface area contributed by atoms with E-state index in [1.165, 1.54) is 14.7 Å².